The summed E-state index contributed by atoms with van der Waals surface area (Å²) in [6, 6.07) is 7.97. The molecule has 0 radical (unpaired) electrons. The zero-order valence-corrected chi connectivity index (χ0v) is 9.50. The van der Waals surface area contributed by atoms with Crippen molar-refractivity contribution in [1.82, 2.24) is 0 Å². The standard InChI is InChI=1S/C13H14N2O/c1-9-5-10(2)7-11(6-9)15-12(16)13(8-14)3-4-13/h5-7H,3-4H2,1-2H3,(H,15,16). The first-order valence-electron chi connectivity index (χ1n) is 5.37. The molecule has 0 aromatic heterocycles. The number of anilines is 1. The second-order valence-electron chi connectivity index (χ2n) is 4.52. The largest absolute Gasteiger partial charge is 0.325 e. The summed E-state index contributed by atoms with van der Waals surface area (Å²) in [7, 11) is 0. The van der Waals surface area contributed by atoms with E-state index in [-0.39, 0.29) is 5.91 Å². The zero-order chi connectivity index (χ0) is 11.8. The van der Waals surface area contributed by atoms with Gasteiger partial charge in [-0.3, -0.25) is 4.79 Å². The van der Waals surface area contributed by atoms with Gasteiger partial charge in [0.05, 0.1) is 6.07 Å². The van der Waals surface area contributed by atoms with Gasteiger partial charge < -0.3 is 5.32 Å². The van der Waals surface area contributed by atoms with Gasteiger partial charge in [-0.15, -0.1) is 0 Å². The monoisotopic (exact) mass is 214 g/mol. The van der Waals surface area contributed by atoms with Crippen molar-refractivity contribution >= 4 is 11.6 Å². The molecule has 1 aliphatic rings. The summed E-state index contributed by atoms with van der Waals surface area (Å²) in [6.07, 6.45) is 1.36. The van der Waals surface area contributed by atoms with Crippen LogP contribution in [0, 0.1) is 30.6 Å². The highest BCUT2D eigenvalue weighted by Gasteiger charge is 2.50. The van der Waals surface area contributed by atoms with Gasteiger partial charge in [0.1, 0.15) is 5.41 Å². The molecule has 1 aromatic rings. The van der Waals surface area contributed by atoms with Crippen molar-refractivity contribution in [2.45, 2.75) is 26.7 Å². The molecular formula is C13H14N2O. The summed E-state index contributed by atoms with van der Waals surface area (Å²) in [5.74, 6) is -0.167. The number of hydrogen-bond acceptors (Lipinski definition) is 2. The Labute approximate surface area is 95.1 Å². The minimum absolute atomic E-state index is 0.167. The molecule has 16 heavy (non-hydrogen) atoms. The number of carbonyl (C=O) groups excluding carboxylic acids is 1. The van der Waals surface area contributed by atoms with Crippen molar-refractivity contribution in [3.05, 3.63) is 29.3 Å². The maximum absolute atomic E-state index is 11.8. The van der Waals surface area contributed by atoms with Gasteiger partial charge in [-0.1, -0.05) is 6.07 Å². The van der Waals surface area contributed by atoms with Crippen LogP contribution in [0.3, 0.4) is 0 Å². The van der Waals surface area contributed by atoms with E-state index in [0.29, 0.717) is 12.8 Å². The molecule has 3 heteroatoms. The smallest absolute Gasteiger partial charge is 0.244 e. The Balaban J connectivity index is 2.16. The third-order valence-electron chi connectivity index (χ3n) is 2.88. The quantitative estimate of drug-likeness (QED) is 0.822. The number of hydrogen-bond donors (Lipinski definition) is 1. The highest BCUT2D eigenvalue weighted by molar-refractivity contribution is 5.99. The summed E-state index contributed by atoms with van der Waals surface area (Å²) >= 11 is 0. The van der Waals surface area contributed by atoms with Gasteiger partial charge in [0.2, 0.25) is 5.91 Å². The second-order valence-corrected chi connectivity index (χ2v) is 4.52. The Hall–Kier alpha value is -1.82. The molecule has 1 fully saturated rings. The first kappa shape index (κ1) is 10.7. The first-order chi connectivity index (χ1) is 7.55. The van der Waals surface area contributed by atoms with Gasteiger partial charge in [0.15, 0.2) is 0 Å². The van der Waals surface area contributed by atoms with E-state index in [1.165, 1.54) is 0 Å². The lowest BCUT2D eigenvalue weighted by molar-refractivity contribution is -0.119. The van der Waals surface area contributed by atoms with Crippen molar-refractivity contribution in [2.24, 2.45) is 5.41 Å². The molecular weight excluding hydrogens is 200 g/mol. The molecule has 0 atom stereocenters. The molecule has 1 saturated carbocycles. The van der Waals surface area contributed by atoms with E-state index >= 15 is 0 Å². The van der Waals surface area contributed by atoms with E-state index < -0.39 is 5.41 Å². The number of rotatable bonds is 2. The predicted molar refractivity (Wildman–Crippen MR) is 61.8 cm³/mol. The number of amides is 1. The van der Waals surface area contributed by atoms with Gasteiger partial charge >= 0.3 is 0 Å². The lowest BCUT2D eigenvalue weighted by Crippen LogP contribution is -2.22. The molecule has 0 bridgehead atoms. The maximum Gasteiger partial charge on any atom is 0.244 e. The Bertz CT molecular complexity index is 461. The number of carbonyl (C=O) groups is 1. The third kappa shape index (κ3) is 1.92. The molecule has 2 rings (SSSR count). The summed E-state index contributed by atoms with van der Waals surface area (Å²) in [4.78, 5) is 11.8. The van der Waals surface area contributed by atoms with E-state index in [2.05, 4.69) is 11.4 Å². The van der Waals surface area contributed by atoms with Gasteiger partial charge in [-0.25, -0.2) is 0 Å². The van der Waals surface area contributed by atoms with Crippen LogP contribution in [0.4, 0.5) is 5.69 Å². The fourth-order valence-corrected chi connectivity index (χ4v) is 1.81. The first-order valence-corrected chi connectivity index (χ1v) is 5.37. The Morgan fingerprint density at radius 1 is 1.31 bits per heavy atom. The highest BCUT2D eigenvalue weighted by Crippen LogP contribution is 2.45. The molecule has 1 amide bonds. The summed E-state index contributed by atoms with van der Waals surface area (Å²) in [5, 5.41) is 11.7. The van der Waals surface area contributed by atoms with E-state index in [4.69, 9.17) is 5.26 Å². The van der Waals surface area contributed by atoms with Gasteiger partial charge in [-0.2, -0.15) is 5.26 Å². The van der Waals surface area contributed by atoms with Crippen LogP contribution in [0.1, 0.15) is 24.0 Å². The van der Waals surface area contributed by atoms with Gasteiger partial charge in [0.25, 0.3) is 0 Å². The maximum atomic E-state index is 11.8. The van der Waals surface area contributed by atoms with E-state index in [0.717, 1.165) is 16.8 Å². The number of aryl methyl sites for hydroxylation is 2. The van der Waals surface area contributed by atoms with Crippen LogP contribution >= 0.6 is 0 Å². The molecule has 1 aromatic carbocycles. The highest BCUT2D eigenvalue weighted by atomic mass is 16.2. The van der Waals surface area contributed by atoms with E-state index in [1.54, 1.807) is 0 Å². The van der Waals surface area contributed by atoms with Crippen LogP contribution in [-0.2, 0) is 4.79 Å². The SMILES string of the molecule is Cc1cc(C)cc(NC(=O)C2(C#N)CC2)c1. The fourth-order valence-electron chi connectivity index (χ4n) is 1.81. The number of nitrogens with one attached hydrogen (secondary N) is 1. The zero-order valence-electron chi connectivity index (χ0n) is 9.50. The molecule has 0 spiro atoms. The van der Waals surface area contributed by atoms with E-state index in [1.807, 2.05) is 32.0 Å². The lowest BCUT2D eigenvalue weighted by Gasteiger charge is -2.09. The average molecular weight is 214 g/mol. The van der Waals surface area contributed by atoms with Crippen molar-refractivity contribution < 1.29 is 4.79 Å². The molecule has 0 heterocycles. The topological polar surface area (TPSA) is 52.9 Å². The molecule has 1 N–H and O–H groups in total. The van der Waals surface area contributed by atoms with Crippen LogP contribution in [0.25, 0.3) is 0 Å². The minimum Gasteiger partial charge on any atom is -0.325 e. The van der Waals surface area contributed by atoms with Crippen LogP contribution in [0.2, 0.25) is 0 Å². The lowest BCUT2D eigenvalue weighted by atomic mass is 10.1. The molecule has 0 unspecified atom stereocenters. The number of nitriles is 1. The number of nitrogens with zero attached hydrogens (tertiary/aromatic N) is 1. The van der Waals surface area contributed by atoms with Gasteiger partial charge in [0, 0.05) is 5.69 Å². The average Bonchev–Trinajstić information content (AvgIpc) is 2.96. The normalized spacial score (nSPS) is 16.3. The van der Waals surface area contributed by atoms with Crippen LogP contribution in [-0.4, -0.2) is 5.91 Å². The molecule has 3 nitrogen and oxygen atoms in total. The molecule has 0 saturated heterocycles. The predicted octanol–water partition coefficient (Wildman–Crippen LogP) is 2.55. The Kier molecular flexibility index (Phi) is 2.43. The number of benzene rings is 1. The van der Waals surface area contributed by atoms with E-state index in [9.17, 15) is 4.79 Å². The van der Waals surface area contributed by atoms with Crippen LogP contribution in [0.15, 0.2) is 18.2 Å². The van der Waals surface area contributed by atoms with Crippen LogP contribution < -0.4 is 5.32 Å². The Morgan fingerprint density at radius 2 is 1.88 bits per heavy atom. The van der Waals surface area contributed by atoms with Crippen LogP contribution in [0.5, 0.6) is 0 Å². The summed E-state index contributed by atoms with van der Waals surface area (Å²) in [5.41, 5.74) is 2.25. The fraction of sp³-hybridized carbons (Fsp3) is 0.385. The van der Waals surface area contributed by atoms with Crippen molar-refractivity contribution in [1.29, 1.82) is 5.26 Å². The molecule has 0 aliphatic heterocycles. The third-order valence-corrected chi connectivity index (χ3v) is 2.88. The molecule has 82 valence electrons. The summed E-state index contributed by atoms with van der Waals surface area (Å²) < 4.78 is 0. The molecule has 1 aliphatic carbocycles. The van der Waals surface area contributed by atoms with Gasteiger partial charge in [-0.05, 0) is 49.9 Å². The Morgan fingerprint density at radius 3 is 2.31 bits per heavy atom. The second kappa shape index (κ2) is 3.64. The summed E-state index contributed by atoms with van der Waals surface area (Å²) in [6.45, 7) is 3.97. The van der Waals surface area contributed by atoms with Crippen molar-refractivity contribution in [2.75, 3.05) is 5.32 Å². The van der Waals surface area contributed by atoms with Crippen molar-refractivity contribution in [3.63, 3.8) is 0 Å². The minimum atomic E-state index is -0.752. The van der Waals surface area contributed by atoms with Crippen molar-refractivity contribution in [3.8, 4) is 6.07 Å².